The van der Waals surface area contributed by atoms with E-state index in [1.165, 1.54) is 24.4 Å². The molecule has 1 amide bonds. The maximum Gasteiger partial charge on any atom is 0.236 e. The number of nitrogens with zero attached hydrogens (tertiary/aromatic N) is 2. The van der Waals surface area contributed by atoms with Gasteiger partial charge in [0.2, 0.25) is 15.7 Å². The summed E-state index contributed by atoms with van der Waals surface area (Å²) >= 11 is 0. The third kappa shape index (κ3) is 9.07. The van der Waals surface area contributed by atoms with E-state index in [2.05, 4.69) is 24.3 Å². The average molecular weight is 534 g/mol. The maximum atomic E-state index is 13.1. The lowest BCUT2D eigenvalue weighted by Gasteiger charge is -2.28. The second-order valence-electron chi connectivity index (χ2n) is 9.49. The zero-order chi connectivity index (χ0) is 26.7. The fraction of sp³-hybridized carbons (Fsp3) is 0.556. The van der Waals surface area contributed by atoms with E-state index in [1.807, 2.05) is 0 Å². The van der Waals surface area contributed by atoms with E-state index in [1.54, 1.807) is 18.2 Å². The standard InChI is InChI=1S/C27H39N3O6S/c1-3-5-17-36-24-10-12-25(13-11-24)37(33,34)27-19-22(14-15-28-27)20-30(32)29-26(31)18-21-6-8-23(9-7-21)35-16-4-2/h10-15,19,21,23,32H,3-9,16-18,20H2,1-2H3,(H,29,31). The van der Waals surface area contributed by atoms with Gasteiger partial charge in [0.1, 0.15) is 5.75 Å². The normalized spacial score (nSPS) is 18.1. The van der Waals surface area contributed by atoms with Crippen LogP contribution in [0.25, 0.3) is 0 Å². The van der Waals surface area contributed by atoms with Gasteiger partial charge in [-0.1, -0.05) is 25.4 Å². The van der Waals surface area contributed by atoms with Crippen LogP contribution < -0.4 is 10.2 Å². The second-order valence-corrected chi connectivity index (χ2v) is 11.4. The van der Waals surface area contributed by atoms with Crippen molar-refractivity contribution in [1.82, 2.24) is 15.6 Å². The molecule has 10 heteroatoms. The van der Waals surface area contributed by atoms with Crippen LogP contribution in [0.2, 0.25) is 0 Å². The largest absolute Gasteiger partial charge is 0.494 e. The number of carbonyl (C=O) groups is 1. The minimum absolute atomic E-state index is 0.0847. The van der Waals surface area contributed by atoms with Crippen LogP contribution in [0.5, 0.6) is 5.75 Å². The first kappa shape index (κ1) is 29.0. The number of hydroxylamine groups is 1. The van der Waals surface area contributed by atoms with Crippen molar-refractivity contribution in [2.24, 2.45) is 5.92 Å². The van der Waals surface area contributed by atoms with E-state index in [9.17, 15) is 18.4 Å². The zero-order valence-electron chi connectivity index (χ0n) is 21.8. The summed E-state index contributed by atoms with van der Waals surface area (Å²) in [5.74, 6) is 0.596. The number of amides is 1. The summed E-state index contributed by atoms with van der Waals surface area (Å²) in [6.07, 6.45) is 8.66. The van der Waals surface area contributed by atoms with Gasteiger partial charge in [-0.25, -0.2) is 13.4 Å². The molecule has 0 saturated heterocycles. The van der Waals surface area contributed by atoms with E-state index in [0.717, 1.165) is 51.6 Å². The fourth-order valence-electron chi connectivity index (χ4n) is 4.32. The highest BCUT2D eigenvalue weighted by Crippen LogP contribution is 2.28. The van der Waals surface area contributed by atoms with Crippen LogP contribution in [-0.2, 0) is 25.9 Å². The molecule has 1 fully saturated rings. The summed E-state index contributed by atoms with van der Waals surface area (Å²) < 4.78 is 37.5. The van der Waals surface area contributed by atoms with Crippen LogP contribution in [0.15, 0.2) is 52.5 Å². The average Bonchev–Trinajstić information content (AvgIpc) is 2.89. The number of ether oxygens (including phenoxy) is 2. The summed E-state index contributed by atoms with van der Waals surface area (Å²) in [5.41, 5.74) is 2.96. The number of hydrogen-bond acceptors (Lipinski definition) is 8. The molecule has 0 spiro atoms. The Bertz CT molecular complexity index is 1090. The van der Waals surface area contributed by atoms with E-state index >= 15 is 0 Å². The van der Waals surface area contributed by atoms with E-state index < -0.39 is 9.84 Å². The molecule has 2 aromatic rings. The van der Waals surface area contributed by atoms with Crippen molar-refractivity contribution < 1.29 is 27.9 Å². The lowest BCUT2D eigenvalue weighted by molar-refractivity contribution is -0.166. The predicted octanol–water partition coefficient (Wildman–Crippen LogP) is 4.69. The molecule has 1 aliphatic carbocycles. The summed E-state index contributed by atoms with van der Waals surface area (Å²) in [7, 11) is -3.86. The quantitative estimate of drug-likeness (QED) is 0.265. The highest BCUT2D eigenvalue weighted by Gasteiger charge is 2.24. The molecule has 0 aliphatic heterocycles. The number of unbranched alkanes of at least 4 members (excludes halogenated alkanes) is 1. The first-order valence-corrected chi connectivity index (χ1v) is 14.6. The van der Waals surface area contributed by atoms with Crippen molar-refractivity contribution in [1.29, 1.82) is 0 Å². The van der Waals surface area contributed by atoms with Gasteiger partial charge in [0.25, 0.3) is 0 Å². The van der Waals surface area contributed by atoms with Crippen LogP contribution in [0, 0.1) is 5.92 Å². The van der Waals surface area contributed by atoms with Crippen molar-refractivity contribution in [3.05, 3.63) is 48.2 Å². The second kappa shape index (κ2) is 14.4. The molecule has 1 saturated carbocycles. The number of benzene rings is 1. The number of carbonyl (C=O) groups excluding carboxylic acids is 1. The summed E-state index contributed by atoms with van der Waals surface area (Å²) in [5, 5.41) is 10.8. The molecule has 1 aromatic heterocycles. The van der Waals surface area contributed by atoms with Gasteiger partial charge in [-0.15, -0.1) is 0 Å². The van der Waals surface area contributed by atoms with Crippen LogP contribution >= 0.6 is 0 Å². The topological polar surface area (TPSA) is 118 Å². The molecule has 37 heavy (non-hydrogen) atoms. The van der Waals surface area contributed by atoms with Gasteiger partial charge in [-0.2, -0.15) is 0 Å². The van der Waals surface area contributed by atoms with Crippen LogP contribution in [-0.4, -0.2) is 49.0 Å². The van der Waals surface area contributed by atoms with Crippen molar-refractivity contribution in [2.75, 3.05) is 13.2 Å². The van der Waals surface area contributed by atoms with E-state index in [0.29, 0.717) is 29.5 Å². The number of nitrogens with one attached hydrogen (secondary N) is 1. The Morgan fingerprint density at radius 2 is 1.81 bits per heavy atom. The highest BCUT2D eigenvalue weighted by molar-refractivity contribution is 7.91. The van der Waals surface area contributed by atoms with Gasteiger partial charge in [0, 0.05) is 19.2 Å². The highest BCUT2D eigenvalue weighted by atomic mass is 32.2. The van der Waals surface area contributed by atoms with Crippen molar-refractivity contribution >= 4 is 15.7 Å². The summed E-state index contributed by atoms with van der Waals surface area (Å²) in [6.45, 7) is 5.43. The minimum Gasteiger partial charge on any atom is -0.494 e. The lowest BCUT2D eigenvalue weighted by atomic mass is 9.85. The Labute approximate surface area is 220 Å². The molecule has 3 rings (SSSR count). The van der Waals surface area contributed by atoms with Crippen molar-refractivity contribution in [3.8, 4) is 5.75 Å². The lowest BCUT2D eigenvalue weighted by Crippen LogP contribution is -2.40. The molecule has 1 aromatic carbocycles. The number of sulfone groups is 1. The molecular formula is C27H39N3O6S. The number of aromatic nitrogens is 1. The molecule has 2 N–H and O–H groups in total. The predicted molar refractivity (Wildman–Crippen MR) is 139 cm³/mol. The fourth-order valence-corrected chi connectivity index (χ4v) is 5.56. The molecule has 1 heterocycles. The first-order valence-electron chi connectivity index (χ1n) is 13.1. The van der Waals surface area contributed by atoms with Crippen LogP contribution in [0.4, 0.5) is 0 Å². The van der Waals surface area contributed by atoms with E-state index in [4.69, 9.17) is 9.47 Å². The molecule has 0 unspecified atom stereocenters. The minimum atomic E-state index is -3.86. The SMILES string of the molecule is CCCCOc1ccc(S(=O)(=O)c2cc(CN(O)NC(=O)CC3CCC(OCCC)CC3)ccn2)cc1. The Kier molecular flexibility index (Phi) is 11.3. The Morgan fingerprint density at radius 3 is 2.49 bits per heavy atom. The zero-order valence-corrected chi connectivity index (χ0v) is 22.6. The monoisotopic (exact) mass is 533 g/mol. The van der Waals surface area contributed by atoms with Gasteiger partial charge in [0.15, 0.2) is 5.03 Å². The number of hydrogen-bond donors (Lipinski definition) is 2. The van der Waals surface area contributed by atoms with Gasteiger partial charge in [-0.05, 0) is 86.4 Å². The molecule has 0 bridgehead atoms. The third-order valence-corrected chi connectivity index (χ3v) is 8.05. The smallest absolute Gasteiger partial charge is 0.236 e. The van der Waals surface area contributed by atoms with Crippen LogP contribution in [0.3, 0.4) is 0 Å². The van der Waals surface area contributed by atoms with Gasteiger partial charge in [0.05, 0.1) is 24.2 Å². The molecule has 204 valence electrons. The first-order chi connectivity index (χ1) is 17.8. The van der Waals surface area contributed by atoms with Gasteiger partial charge >= 0.3 is 0 Å². The molecule has 0 atom stereocenters. The molecule has 0 radical (unpaired) electrons. The Hall–Kier alpha value is -2.53. The van der Waals surface area contributed by atoms with Gasteiger partial charge in [-0.3, -0.25) is 15.4 Å². The Balaban J connectivity index is 1.52. The maximum absolute atomic E-state index is 13.1. The van der Waals surface area contributed by atoms with Crippen LogP contribution in [0.1, 0.15) is 70.8 Å². The Morgan fingerprint density at radius 1 is 1.08 bits per heavy atom. The number of rotatable bonds is 14. The van der Waals surface area contributed by atoms with E-state index in [-0.39, 0.29) is 34.4 Å². The number of hydrazine groups is 1. The van der Waals surface area contributed by atoms with Crippen molar-refractivity contribution in [3.63, 3.8) is 0 Å². The molecular weight excluding hydrogens is 494 g/mol. The summed E-state index contributed by atoms with van der Waals surface area (Å²) in [6, 6.07) is 9.23. The number of pyridine rings is 1. The third-order valence-electron chi connectivity index (χ3n) is 6.39. The molecule has 1 aliphatic rings. The van der Waals surface area contributed by atoms with Crippen molar-refractivity contribution in [2.45, 2.75) is 87.8 Å². The van der Waals surface area contributed by atoms with Gasteiger partial charge < -0.3 is 9.47 Å². The summed E-state index contributed by atoms with van der Waals surface area (Å²) in [4.78, 5) is 16.5. The molecule has 9 nitrogen and oxygen atoms in total.